The molecule has 0 atom stereocenters. The van der Waals surface area contributed by atoms with Gasteiger partial charge in [0.25, 0.3) is 5.79 Å². The monoisotopic (exact) mass is 380 g/mol. The van der Waals surface area contributed by atoms with Crippen LogP contribution in [0.3, 0.4) is 0 Å². The molecule has 0 aliphatic carbocycles. The van der Waals surface area contributed by atoms with Crippen molar-refractivity contribution in [1.82, 2.24) is 0 Å². The molecule has 0 spiro atoms. The molecule has 0 unspecified atom stereocenters. The van der Waals surface area contributed by atoms with Gasteiger partial charge in [0.2, 0.25) is 0 Å². The Kier molecular flexibility index (Phi) is 7.84. The summed E-state index contributed by atoms with van der Waals surface area (Å²) >= 11 is 0. The molecule has 1 rings (SSSR count). The predicted molar refractivity (Wildman–Crippen MR) is 98.5 cm³/mol. The summed E-state index contributed by atoms with van der Waals surface area (Å²) < 4.78 is 9.67. The van der Waals surface area contributed by atoms with Crippen LogP contribution in [-0.2, 0) is 29.6 Å². The molecule has 1 aromatic carbocycles. The molecule has 0 heterocycles. The maximum Gasteiger partial charge on any atom is 0.509 e. The SMILES string of the molecule is CCCC(OOC(C)(C)c1ccccc1)=C(C)C(=O)OC(C)(C)OC(=O)O. The van der Waals surface area contributed by atoms with Crippen LogP contribution in [0.1, 0.15) is 59.9 Å². The molecule has 0 saturated heterocycles. The van der Waals surface area contributed by atoms with Gasteiger partial charge in [-0.1, -0.05) is 37.3 Å². The molecule has 150 valence electrons. The van der Waals surface area contributed by atoms with Gasteiger partial charge in [-0.05, 0) is 32.8 Å². The van der Waals surface area contributed by atoms with E-state index in [0.29, 0.717) is 18.6 Å². The lowest BCUT2D eigenvalue weighted by Crippen LogP contribution is -2.34. The number of carbonyl (C=O) groups excluding carboxylic acids is 1. The average molecular weight is 380 g/mol. The Morgan fingerprint density at radius 2 is 1.63 bits per heavy atom. The van der Waals surface area contributed by atoms with E-state index in [1.807, 2.05) is 51.1 Å². The lowest BCUT2D eigenvalue weighted by Gasteiger charge is -2.26. The topological polar surface area (TPSA) is 91.3 Å². The minimum absolute atomic E-state index is 0.183. The number of carbonyl (C=O) groups is 2. The number of esters is 1. The predicted octanol–water partition coefficient (Wildman–Crippen LogP) is 4.92. The van der Waals surface area contributed by atoms with E-state index >= 15 is 0 Å². The van der Waals surface area contributed by atoms with Crippen LogP contribution in [0.25, 0.3) is 0 Å². The molecule has 0 aliphatic rings. The molecule has 0 aromatic heterocycles. The standard InChI is InChI=1S/C20H28O7/c1-7-11-16(14(2)17(21)24-20(5,6)25-18(22)23)26-27-19(3,4)15-12-9-8-10-13-15/h8-10,12-13H,7,11H2,1-6H3,(H,22,23). The zero-order valence-electron chi connectivity index (χ0n) is 16.7. The van der Waals surface area contributed by atoms with Gasteiger partial charge in [0.05, 0.1) is 5.57 Å². The third kappa shape index (κ3) is 7.30. The Hall–Kier alpha value is -2.54. The van der Waals surface area contributed by atoms with Crippen molar-refractivity contribution in [2.24, 2.45) is 0 Å². The Morgan fingerprint density at radius 1 is 1.04 bits per heavy atom. The molecule has 7 heteroatoms. The van der Waals surface area contributed by atoms with Crippen LogP contribution in [0.4, 0.5) is 4.79 Å². The molecule has 27 heavy (non-hydrogen) atoms. The van der Waals surface area contributed by atoms with Crippen molar-refractivity contribution in [2.45, 2.75) is 65.8 Å². The molecule has 0 amide bonds. The van der Waals surface area contributed by atoms with Crippen molar-refractivity contribution in [3.05, 3.63) is 47.2 Å². The number of hydrogen-bond acceptors (Lipinski definition) is 6. The van der Waals surface area contributed by atoms with Crippen molar-refractivity contribution < 1.29 is 33.9 Å². The largest absolute Gasteiger partial charge is 0.509 e. The normalized spacial score (nSPS) is 12.8. The van der Waals surface area contributed by atoms with E-state index in [0.717, 1.165) is 5.56 Å². The van der Waals surface area contributed by atoms with Crippen LogP contribution in [0.15, 0.2) is 41.7 Å². The van der Waals surface area contributed by atoms with E-state index in [1.165, 1.54) is 20.8 Å². The van der Waals surface area contributed by atoms with Crippen LogP contribution < -0.4 is 0 Å². The van der Waals surface area contributed by atoms with Gasteiger partial charge >= 0.3 is 12.1 Å². The van der Waals surface area contributed by atoms with Gasteiger partial charge < -0.3 is 19.5 Å². The number of hydrogen-bond donors (Lipinski definition) is 1. The molecular weight excluding hydrogens is 352 g/mol. The van der Waals surface area contributed by atoms with E-state index in [-0.39, 0.29) is 5.57 Å². The summed E-state index contributed by atoms with van der Waals surface area (Å²) in [5.74, 6) is -2.05. The molecule has 0 fully saturated rings. The van der Waals surface area contributed by atoms with Crippen LogP contribution in [0, 0.1) is 0 Å². The lowest BCUT2D eigenvalue weighted by molar-refractivity contribution is -0.334. The van der Waals surface area contributed by atoms with Crippen molar-refractivity contribution in [2.75, 3.05) is 0 Å². The van der Waals surface area contributed by atoms with Crippen molar-refractivity contribution in [3.63, 3.8) is 0 Å². The number of benzene rings is 1. The van der Waals surface area contributed by atoms with Crippen molar-refractivity contribution in [3.8, 4) is 0 Å². The van der Waals surface area contributed by atoms with Gasteiger partial charge in [-0.15, -0.1) is 0 Å². The van der Waals surface area contributed by atoms with E-state index in [1.54, 1.807) is 0 Å². The fourth-order valence-electron chi connectivity index (χ4n) is 2.21. The summed E-state index contributed by atoms with van der Waals surface area (Å²) in [6, 6.07) is 9.54. The van der Waals surface area contributed by atoms with Crippen LogP contribution in [0.2, 0.25) is 0 Å². The van der Waals surface area contributed by atoms with E-state index in [2.05, 4.69) is 4.74 Å². The van der Waals surface area contributed by atoms with Crippen LogP contribution >= 0.6 is 0 Å². The van der Waals surface area contributed by atoms with Gasteiger partial charge in [0.15, 0.2) is 5.76 Å². The molecule has 1 aromatic rings. The Bertz CT molecular complexity index is 675. The van der Waals surface area contributed by atoms with Gasteiger partial charge in [-0.2, -0.15) is 4.89 Å². The van der Waals surface area contributed by atoms with Crippen LogP contribution in [0.5, 0.6) is 0 Å². The number of rotatable bonds is 9. The Morgan fingerprint density at radius 3 is 2.15 bits per heavy atom. The zero-order chi connectivity index (χ0) is 20.7. The Labute approximate surface area is 159 Å². The maximum atomic E-state index is 12.4. The van der Waals surface area contributed by atoms with Gasteiger partial charge in [-0.3, -0.25) is 0 Å². The van der Waals surface area contributed by atoms with Gasteiger partial charge in [0.1, 0.15) is 5.60 Å². The molecule has 0 bridgehead atoms. The first kappa shape index (κ1) is 22.5. The number of ether oxygens (including phenoxy) is 2. The average Bonchev–Trinajstić information content (AvgIpc) is 2.57. The molecule has 0 saturated carbocycles. The summed E-state index contributed by atoms with van der Waals surface area (Å²) in [4.78, 5) is 34.1. The minimum atomic E-state index is -1.62. The number of carboxylic acid groups (broad SMARTS) is 1. The third-order valence-electron chi connectivity index (χ3n) is 3.69. The highest BCUT2D eigenvalue weighted by atomic mass is 17.2. The fourth-order valence-corrected chi connectivity index (χ4v) is 2.21. The molecule has 0 radical (unpaired) electrons. The van der Waals surface area contributed by atoms with Crippen LogP contribution in [-0.4, -0.2) is 23.0 Å². The summed E-state index contributed by atoms with van der Waals surface area (Å²) in [5.41, 5.74) is 0.357. The first-order valence-corrected chi connectivity index (χ1v) is 8.74. The second-order valence-electron chi connectivity index (χ2n) is 7.00. The number of allylic oxidation sites excluding steroid dienone is 1. The summed E-state index contributed by atoms with van der Waals surface area (Å²) in [6.07, 6.45) is -0.372. The van der Waals surface area contributed by atoms with Gasteiger partial charge in [0, 0.05) is 20.3 Å². The molecule has 1 N–H and O–H groups in total. The third-order valence-corrected chi connectivity index (χ3v) is 3.69. The van der Waals surface area contributed by atoms with E-state index in [9.17, 15) is 9.59 Å². The van der Waals surface area contributed by atoms with Crippen molar-refractivity contribution >= 4 is 12.1 Å². The Balaban J connectivity index is 2.91. The first-order chi connectivity index (χ1) is 12.5. The summed E-state index contributed by atoms with van der Waals surface area (Å²) in [6.45, 7) is 9.83. The van der Waals surface area contributed by atoms with Crippen molar-refractivity contribution in [1.29, 1.82) is 0 Å². The highest BCUT2D eigenvalue weighted by Crippen LogP contribution is 2.27. The fraction of sp³-hybridized carbons (Fsp3) is 0.500. The molecular formula is C20H28O7. The van der Waals surface area contributed by atoms with E-state index < -0.39 is 23.5 Å². The zero-order valence-corrected chi connectivity index (χ0v) is 16.7. The second-order valence-corrected chi connectivity index (χ2v) is 7.00. The quantitative estimate of drug-likeness (QED) is 0.162. The second kappa shape index (κ2) is 9.41. The smallest absolute Gasteiger partial charge is 0.450 e. The first-order valence-electron chi connectivity index (χ1n) is 8.74. The lowest BCUT2D eigenvalue weighted by atomic mass is 9.99. The molecule has 7 nitrogen and oxygen atoms in total. The minimum Gasteiger partial charge on any atom is -0.450 e. The maximum absolute atomic E-state index is 12.4. The van der Waals surface area contributed by atoms with Gasteiger partial charge in [-0.25, -0.2) is 9.59 Å². The summed E-state index contributed by atoms with van der Waals surface area (Å²) in [5, 5.41) is 8.71. The highest BCUT2D eigenvalue weighted by Gasteiger charge is 2.30. The highest BCUT2D eigenvalue weighted by molar-refractivity contribution is 5.88. The summed E-state index contributed by atoms with van der Waals surface area (Å²) in [7, 11) is 0. The van der Waals surface area contributed by atoms with E-state index in [4.69, 9.17) is 19.6 Å². The molecule has 0 aliphatic heterocycles.